The highest BCUT2D eigenvalue weighted by molar-refractivity contribution is 7.89. The third kappa shape index (κ3) is 5.40. The van der Waals surface area contributed by atoms with Crippen molar-refractivity contribution in [3.05, 3.63) is 29.8 Å². The monoisotopic (exact) mass is 380 g/mol. The van der Waals surface area contributed by atoms with Gasteiger partial charge in [-0.25, -0.2) is 13.1 Å². The number of nitrogens with zero attached hydrogens (tertiary/aromatic N) is 1. The van der Waals surface area contributed by atoms with E-state index in [1.165, 1.54) is 0 Å². The lowest BCUT2D eigenvalue weighted by molar-refractivity contribution is -0.137. The number of nitrogens with one attached hydrogen (secondary N) is 1. The lowest BCUT2D eigenvalue weighted by Gasteiger charge is -2.36. The Morgan fingerprint density at radius 3 is 2.20 bits per heavy atom. The molecule has 1 saturated heterocycles. The fourth-order valence-electron chi connectivity index (χ4n) is 2.80. The second kappa shape index (κ2) is 8.03. The fraction of sp³-hybridized carbons (Fsp3) is 0.625. The first-order valence-corrected chi connectivity index (χ1v) is 9.58. The molecule has 0 aromatic heterocycles. The molecule has 0 saturated carbocycles. The normalized spacial score (nSPS) is 18.5. The molecule has 1 aliphatic rings. The SMILES string of the molecule is CC(C)[C@@H](CNS(=O)(=O)c1ccc(C(F)(F)F)cc1)N1CCOCC1. The molecule has 142 valence electrons. The van der Waals surface area contributed by atoms with E-state index < -0.39 is 21.8 Å². The van der Waals surface area contributed by atoms with Gasteiger partial charge in [-0.05, 0) is 30.2 Å². The first-order chi connectivity index (χ1) is 11.6. The van der Waals surface area contributed by atoms with Crippen LogP contribution in [-0.4, -0.2) is 52.2 Å². The average Bonchev–Trinajstić information content (AvgIpc) is 2.55. The number of alkyl halides is 3. The minimum atomic E-state index is -4.49. The highest BCUT2D eigenvalue weighted by Crippen LogP contribution is 2.29. The van der Waals surface area contributed by atoms with Gasteiger partial charge in [-0.15, -0.1) is 0 Å². The first kappa shape index (κ1) is 20.2. The molecule has 0 amide bonds. The minimum Gasteiger partial charge on any atom is -0.379 e. The molecule has 1 atom stereocenters. The van der Waals surface area contributed by atoms with Crippen LogP contribution in [0.25, 0.3) is 0 Å². The Balaban J connectivity index is 2.06. The Labute approximate surface area is 146 Å². The molecule has 9 heteroatoms. The van der Waals surface area contributed by atoms with E-state index >= 15 is 0 Å². The van der Waals surface area contributed by atoms with Gasteiger partial charge in [-0.3, -0.25) is 4.90 Å². The number of sulfonamides is 1. The van der Waals surface area contributed by atoms with E-state index in [0.717, 1.165) is 37.4 Å². The summed E-state index contributed by atoms with van der Waals surface area (Å²) in [5.74, 6) is 0.216. The third-order valence-corrected chi connectivity index (χ3v) is 5.70. The molecule has 1 N–H and O–H groups in total. The summed E-state index contributed by atoms with van der Waals surface area (Å²) in [5.41, 5.74) is -0.875. The van der Waals surface area contributed by atoms with Gasteiger partial charge in [0.15, 0.2) is 0 Å². The maximum absolute atomic E-state index is 12.6. The molecule has 1 aliphatic heterocycles. The number of ether oxygens (including phenoxy) is 1. The summed E-state index contributed by atoms with van der Waals surface area (Å²) in [6.45, 7) is 6.87. The van der Waals surface area contributed by atoms with Gasteiger partial charge in [-0.1, -0.05) is 13.8 Å². The number of morpholine rings is 1. The summed E-state index contributed by atoms with van der Waals surface area (Å²) in [6, 6.07) is 3.50. The molecule has 25 heavy (non-hydrogen) atoms. The van der Waals surface area contributed by atoms with Gasteiger partial charge in [-0.2, -0.15) is 13.2 Å². The molecular formula is C16H23F3N2O3S. The van der Waals surface area contributed by atoms with Crippen molar-refractivity contribution < 1.29 is 26.3 Å². The molecule has 1 fully saturated rings. The Morgan fingerprint density at radius 1 is 1.16 bits per heavy atom. The molecule has 0 aliphatic carbocycles. The lowest BCUT2D eigenvalue weighted by atomic mass is 10.0. The molecular weight excluding hydrogens is 357 g/mol. The van der Waals surface area contributed by atoms with Crippen molar-refractivity contribution in [3.8, 4) is 0 Å². The first-order valence-electron chi connectivity index (χ1n) is 8.10. The number of rotatable bonds is 6. The number of hydrogen-bond donors (Lipinski definition) is 1. The van der Waals surface area contributed by atoms with Crippen LogP contribution in [0.4, 0.5) is 13.2 Å². The number of benzene rings is 1. The van der Waals surface area contributed by atoms with Crippen molar-refractivity contribution in [2.45, 2.75) is 31.0 Å². The van der Waals surface area contributed by atoms with Crippen LogP contribution in [0.3, 0.4) is 0 Å². The summed E-state index contributed by atoms with van der Waals surface area (Å²) in [4.78, 5) is 1.99. The summed E-state index contributed by atoms with van der Waals surface area (Å²) >= 11 is 0. The van der Waals surface area contributed by atoms with Crippen LogP contribution in [0.15, 0.2) is 29.2 Å². The van der Waals surface area contributed by atoms with Gasteiger partial charge in [0.2, 0.25) is 10.0 Å². The molecule has 1 heterocycles. The smallest absolute Gasteiger partial charge is 0.379 e. The zero-order valence-electron chi connectivity index (χ0n) is 14.2. The van der Waals surface area contributed by atoms with E-state index in [-0.39, 0.29) is 23.4 Å². The van der Waals surface area contributed by atoms with E-state index in [2.05, 4.69) is 9.62 Å². The summed E-state index contributed by atoms with van der Waals surface area (Å²) in [6.07, 6.45) is -4.49. The van der Waals surface area contributed by atoms with Crippen LogP contribution in [0.2, 0.25) is 0 Å². The second-order valence-electron chi connectivity index (χ2n) is 6.33. The summed E-state index contributed by atoms with van der Waals surface area (Å²) in [7, 11) is -3.87. The largest absolute Gasteiger partial charge is 0.416 e. The highest BCUT2D eigenvalue weighted by atomic mass is 32.2. The molecule has 0 unspecified atom stereocenters. The second-order valence-corrected chi connectivity index (χ2v) is 8.10. The quantitative estimate of drug-likeness (QED) is 0.823. The van der Waals surface area contributed by atoms with Crippen LogP contribution in [-0.2, 0) is 20.9 Å². The average molecular weight is 380 g/mol. The van der Waals surface area contributed by atoms with Crippen molar-refractivity contribution in [1.82, 2.24) is 9.62 Å². The zero-order valence-corrected chi connectivity index (χ0v) is 15.0. The Morgan fingerprint density at radius 2 is 1.72 bits per heavy atom. The van der Waals surface area contributed by atoms with E-state index in [9.17, 15) is 21.6 Å². The van der Waals surface area contributed by atoms with Crippen LogP contribution in [0.1, 0.15) is 19.4 Å². The molecule has 5 nitrogen and oxygen atoms in total. The predicted octanol–water partition coefficient (Wildman–Crippen LogP) is 2.34. The van der Waals surface area contributed by atoms with Crippen molar-refractivity contribution in [1.29, 1.82) is 0 Å². The van der Waals surface area contributed by atoms with E-state index in [4.69, 9.17) is 4.74 Å². The van der Waals surface area contributed by atoms with Gasteiger partial charge in [0.05, 0.1) is 23.7 Å². The van der Waals surface area contributed by atoms with Gasteiger partial charge in [0.1, 0.15) is 0 Å². The standard InChI is InChI=1S/C16H23F3N2O3S/c1-12(2)15(21-7-9-24-10-8-21)11-20-25(22,23)14-5-3-13(4-6-14)16(17,18)19/h3-6,12,15,20H,7-11H2,1-2H3/t15-/m1/s1. The van der Waals surface area contributed by atoms with Crippen LogP contribution in [0.5, 0.6) is 0 Å². The van der Waals surface area contributed by atoms with E-state index in [1.54, 1.807) is 0 Å². The lowest BCUT2D eigenvalue weighted by Crippen LogP contribution is -2.51. The van der Waals surface area contributed by atoms with Gasteiger partial charge >= 0.3 is 6.18 Å². The summed E-state index contributed by atoms with van der Waals surface area (Å²) in [5, 5.41) is 0. The van der Waals surface area contributed by atoms with Crippen LogP contribution >= 0.6 is 0 Å². The Hall–Kier alpha value is -1.16. The van der Waals surface area contributed by atoms with Crippen molar-refractivity contribution >= 4 is 10.0 Å². The maximum atomic E-state index is 12.6. The van der Waals surface area contributed by atoms with E-state index in [0.29, 0.717) is 13.2 Å². The number of halogens is 3. The van der Waals surface area contributed by atoms with Gasteiger partial charge in [0, 0.05) is 25.7 Å². The summed E-state index contributed by atoms with van der Waals surface area (Å²) < 4.78 is 70.3. The highest BCUT2D eigenvalue weighted by Gasteiger charge is 2.31. The maximum Gasteiger partial charge on any atom is 0.416 e. The van der Waals surface area contributed by atoms with Gasteiger partial charge in [0.25, 0.3) is 0 Å². The van der Waals surface area contributed by atoms with Gasteiger partial charge < -0.3 is 4.74 Å². The minimum absolute atomic E-state index is 0.00637. The molecule has 1 aromatic carbocycles. The Kier molecular flexibility index (Phi) is 6.47. The molecule has 2 rings (SSSR count). The van der Waals surface area contributed by atoms with E-state index in [1.807, 2.05) is 13.8 Å². The predicted molar refractivity (Wildman–Crippen MR) is 87.7 cm³/mol. The topological polar surface area (TPSA) is 58.6 Å². The van der Waals surface area contributed by atoms with Crippen molar-refractivity contribution in [3.63, 3.8) is 0 Å². The Bertz CT molecular complexity index is 654. The van der Waals surface area contributed by atoms with Crippen molar-refractivity contribution in [2.75, 3.05) is 32.8 Å². The molecule has 1 aromatic rings. The fourth-order valence-corrected chi connectivity index (χ4v) is 3.85. The molecule has 0 bridgehead atoms. The zero-order chi connectivity index (χ0) is 18.7. The van der Waals surface area contributed by atoms with Crippen LogP contribution in [0, 0.1) is 5.92 Å². The van der Waals surface area contributed by atoms with Crippen LogP contribution < -0.4 is 4.72 Å². The third-order valence-electron chi connectivity index (χ3n) is 4.26. The molecule has 0 spiro atoms. The van der Waals surface area contributed by atoms with Crippen molar-refractivity contribution in [2.24, 2.45) is 5.92 Å². The number of hydrogen-bond acceptors (Lipinski definition) is 4. The molecule has 0 radical (unpaired) electrons.